The second-order valence-electron chi connectivity index (χ2n) is 9.95. The average molecular weight is 582 g/mol. The molecular weight excluding hydrogens is 546 g/mol. The van der Waals surface area contributed by atoms with Crippen LogP contribution in [0.5, 0.6) is 11.5 Å². The Kier molecular flexibility index (Phi) is 10.5. The van der Waals surface area contributed by atoms with Gasteiger partial charge in [0.1, 0.15) is 6.04 Å². The lowest BCUT2D eigenvalue weighted by molar-refractivity contribution is -0.127. The fraction of sp³-hybridized carbons (Fsp3) is 0.333. The van der Waals surface area contributed by atoms with Crippen molar-refractivity contribution in [2.24, 2.45) is 0 Å². The molecule has 0 bridgehead atoms. The zero-order chi connectivity index (χ0) is 30.2. The number of carbonyl (C=O) groups excluding carboxylic acids is 4. The zero-order valence-corrected chi connectivity index (χ0v) is 24.8. The second kappa shape index (κ2) is 13.8. The Morgan fingerprint density at radius 2 is 1.63 bits per heavy atom. The van der Waals surface area contributed by atoms with Crippen LogP contribution >= 0.6 is 11.3 Å². The first-order valence-corrected chi connectivity index (χ1v) is 13.8. The maximum atomic E-state index is 13.9. The monoisotopic (exact) mass is 581 g/mol. The van der Waals surface area contributed by atoms with Gasteiger partial charge >= 0.3 is 5.97 Å². The van der Waals surface area contributed by atoms with Crippen molar-refractivity contribution in [3.05, 3.63) is 76.0 Å². The van der Waals surface area contributed by atoms with Crippen LogP contribution < -0.4 is 25.0 Å². The lowest BCUT2D eigenvalue weighted by Crippen LogP contribution is -2.51. The van der Waals surface area contributed by atoms with Crippen LogP contribution in [0.3, 0.4) is 0 Å². The van der Waals surface area contributed by atoms with Crippen LogP contribution in [0.1, 0.15) is 59.3 Å². The minimum Gasteiger partial charge on any atom is -0.493 e. The maximum absolute atomic E-state index is 13.9. The molecule has 1 aromatic heterocycles. The first-order chi connectivity index (χ1) is 19.5. The Bertz CT molecular complexity index is 1370. The molecule has 1 atom stereocenters. The van der Waals surface area contributed by atoms with Crippen molar-refractivity contribution < 1.29 is 33.4 Å². The van der Waals surface area contributed by atoms with E-state index in [0.29, 0.717) is 27.6 Å². The van der Waals surface area contributed by atoms with E-state index < -0.39 is 35.3 Å². The summed E-state index contributed by atoms with van der Waals surface area (Å²) in [6, 6.07) is 13.3. The Balaban J connectivity index is 2.11. The van der Waals surface area contributed by atoms with Crippen LogP contribution in [-0.2, 0) is 14.3 Å². The summed E-state index contributed by atoms with van der Waals surface area (Å²) in [6.07, 6.45) is 0. The van der Waals surface area contributed by atoms with E-state index in [1.54, 1.807) is 54.8 Å². The SMILES string of the molecule is CCOC(=O)c1ccc(N(C(=O)CNC(=O)c2cccs2)[C@@H](C(=O)NC(C)(C)C)c2ccc(OC)c(OC)c2)cc1. The molecule has 3 amide bonds. The summed E-state index contributed by atoms with van der Waals surface area (Å²) in [7, 11) is 2.97. The summed E-state index contributed by atoms with van der Waals surface area (Å²) < 4.78 is 15.9. The van der Waals surface area contributed by atoms with Crippen LogP contribution in [0.2, 0.25) is 0 Å². The quantitative estimate of drug-likeness (QED) is 0.323. The van der Waals surface area contributed by atoms with Crippen molar-refractivity contribution in [2.45, 2.75) is 39.3 Å². The first kappa shape index (κ1) is 31.2. The van der Waals surface area contributed by atoms with Crippen LogP contribution in [-0.4, -0.2) is 56.6 Å². The highest BCUT2D eigenvalue weighted by atomic mass is 32.1. The number of methoxy groups -OCH3 is 2. The molecule has 0 saturated heterocycles. The molecule has 0 aliphatic carbocycles. The van der Waals surface area contributed by atoms with Crippen molar-refractivity contribution in [1.29, 1.82) is 0 Å². The van der Waals surface area contributed by atoms with Gasteiger partial charge in [-0.2, -0.15) is 0 Å². The molecule has 2 aromatic carbocycles. The van der Waals surface area contributed by atoms with Gasteiger partial charge in [0.25, 0.3) is 5.91 Å². The van der Waals surface area contributed by atoms with Crippen LogP contribution in [0.4, 0.5) is 5.69 Å². The highest BCUT2D eigenvalue weighted by Gasteiger charge is 2.35. The van der Waals surface area contributed by atoms with Crippen molar-refractivity contribution in [1.82, 2.24) is 10.6 Å². The molecular formula is C30H35N3O7S. The third kappa shape index (κ3) is 8.07. The van der Waals surface area contributed by atoms with E-state index in [-0.39, 0.29) is 18.7 Å². The van der Waals surface area contributed by atoms with Gasteiger partial charge in [-0.05, 0) is 81.1 Å². The second-order valence-corrected chi connectivity index (χ2v) is 10.9. The van der Waals surface area contributed by atoms with Gasteiger partial charge in [0.05, 0.1) is 37.8 Å². The number of benzene rings is 2. The number of amides is 3. The summed E-state index contributed by atoms with van der Waals surface area (Å²) in [6.45, 7) is 7.03. The largest absolute Gasteiger partial charge is 0.493 e. The predicted molar refractivity (Wildman–Crippen MR) is 157 cm³/mol. The summed E-state index contributed by atoms with van der Waals surface area (Å²) >= 11 is 1.25. The third-order valence-electron chi connectivity index (χ3n) is 5.80. The molecule has 0 saturated carbocycles. The van der Waals surface area contributed by atoms with Crippen LogP contribution in [0.25, 0.3) is 0 Å². The molecule has 0 aliphatic heterocycles. The first-order valence-electron chi connectivity index (χ1n) is 12.9. The molecule has 3 aromatic rings. The van der Waals surface area contributed by atoms with E-state index >= 15 is 0 Å². The van der Waals surface area contributed by atoms with Gasteiger partial charge in [-0.1, -0.05) is 12.1 Å². The smallest absolute Gasteiger partial charge is 0.338 e. The predicted octanol–water partition coefficient (Wildman–Crippen LogP) is 4.36. The van der Waals surface area contributed by atoms with Crippen LogP contribution in [0, 0.1) is 0 Å². The topological polar surface area (TPSA) is 123 Å². The fourth-order valence-corrected chi connectivity index (χ4v) is 4.66. The van der Waals surface area contributed by atoms with Gasteiger partial charge in [0, 0.05) is 11.2 Å². The van der Waals surface area contributed by atoms with Crippen molar-refractivity contribution in [2.75, 3.05) is 32.3 Å². The summed E-state index contributed by atoms with van der Waals surface area (Å²) in [5.41, 5.74) is 0.437. The number of nitrogens with one attached hydrogen (secondary N) is 2. The molecule has 0 fully saturated rings. The van der Waals surface area contributed by atoms with Crippen molar-refractivity contribution in [3.8, 4) is 11.5 Å². The number of esters is 1. The number of nitrogens with zero attached hydrogens (tertiary/aromatic N) is 1. The molecule has 41 heavy (non-hydrogen) atoms. The van der Waals surface area contributed by atoms with Gasteiger partial charge in [-0.3, -0.25) is 19.3 Å². The molecule has 2 N–H and O–H groups in total. The van der Waals surface area contributed by atoms with E-state index in [1.165, 1.54) is 42.6 Å². The van der Waals surface area contributed by atoms with E-state index in [4.69, 9.17) is 14.2 Å². The Morgan fingerprint density at radius 3 is 2.20 bits per heavy atom. The van der Waals surface area contributed by atoms with Gasteiger partial charge in [0.15, 0.2) is 11.5 Å². The highest BCUT2D eigenvalue weighted by Crippen LogP contribution is 2.35. The number of hydrogen-bond acceptors (Lipinski definition) is 8. The Hall–Kier alpha value is -4.38. The summed E-state index contributed by atoms with van der Waals surface area (Å²) in [4.78, 5) is 54.4. The van der Waals surface area contributed by atoms with Gasteiger partial charge < -0.3 is 24.8 Å². The molecule has 10 nitrogen and oxygen atoms in total. The number of carbonyl (C=O) groups is 4. The third-order valence-corrected chi connectivity index (χ3v) is 6.67. The van der Waals surface area contributed by atoms with Gasteiger partial charge in [0.2, 0.25) is 11.8 Å². The molecule has 11 heteroatoms. The fourth-order valence-electron chi connectivity index (χ4n) is 4.02. The lowest BCUT2D eigenvalue weighted by Gasteiger charge is -2.34. The van der Waals surface area contributed by atoms with E-state index in [0.717, 1.165) is 0 Å². The Morgan fingerprint density at radius 1 is 0.951 bits per heavy atom. The summed E-state index contributed by atoms with van der Waals surface area (Å²) in [5.74, 6) is -1.12. The molecule has 1 heterocycles. The number of thiophene rings is 1. The van der Waals surface area contributed by atoms with E-state index in [9.17, 15) is 19.2 Å². The number of ether oxygens (including phenoxy) is 3. The maximum Gasteiger partial charge on any atom is 0.338 e. The molecule has 0 aliphatic rings. The standard InChI is InChI=1S/C30H35N3O7S/c1-7-40-29(37)19-10-13-21(14-11-19)33(25(34)18-31-27(35)24-9-8-16-41-24)26(28(36)32-30(2,3)4)20-12-15-22(38-5)23(17-20)39-6/h8-17,26H,7,18H2,1-6H3,(H,31,35)(H,32,36)/t26-/m1/s1. The average Bonchev–Trinajstić information content (AvgIpc) is 3.48. The molecule has 218 valence electrons. The zero-order valence-electron chi connectivity index (χ0n) is 24.0. The van der Waals surface area contributed by atoms with E-state index in [1.807, 2.05) is 20.8 Å². The van der Waals surface area contributed by atoms with Gasteiger partial charge in [-0.15, -0.1) is 11.3 Å². The minimum atomic E-state index is -1.17. The molecule has 3 rings (SSSR count). The Labute approximate surface area is 243 Å². The number of hydrogen-bond donors (Lipinski definition) is 2. The van der Waals surface area contributed by atoms with Crippen molar-refractivity contribution in [3.63, 3.8) is 0 Å². The highest BCUT2D eigenvalue weighted by molar-refractivity contribution is 7.12. The lowest BCUT2D eigenvalue weighted by atomic mass is 10.00. The molecule has 0 radical (unpaired) electrons. The van der Waals surface area contributed by atoms with Crippen LogP contribution in [0.15, 0.2) is 60.0 Å². The minimum absolute atomic E-state index is 0.212. The number of anilines is 1. The number of rotatable bonds is 11. The molecule has 0 unspecified atom stereocenters. The van der Waals surface area contributed by atoms with E-state index in [2.05, 4.69) is 10.6 Å². The summed E-state index contributed by atoms with van der Waals surface area (Å²) in [5, 5.41) is 7.37. The normalized spacial score (nSPS) is 11.7. The van der Waals surface area contributed by atoms with Gasteiger partial charge in [-0.25, -0.2) is 4.79 Å². The van der Waals surface area contributed by atoms with Crippen molar-refractivity contribution >= 4 is 40.7 Å². The molecule has 0 spiro atoms.